The summed E-state index contributed by atoms with van der Waals surface area (Å²) in [6.07, 6.45) is 1.67. The summed E-state index contributed by atoms with van der Waals surface area (Å²) in [6, 6.07) is 6.71. The molecular formula is C13H16O4S. The van der Waals surface area contributed by atoms with E-state index in [1.807, 2.05) is 0 Å². The van der Waals surface area contributed by atoms with Crippen LogP contribution in [0.2, 0.25) is 0 Å². The van der Waals surface area contributed by atoms with Crippen LogP contribution in [0.4, 0.5) is 0 Å². The Labute approximate surface area is 107 Å². The van der Waals surface area contributed by atoms with E-state index in [0.717, 1.165) is 0 Å². The molecule has 1 aromatic carbocycles. The first kappa shape index (κ1) is 13.1. The molecule has 1 aromatic rings. The molecule has 98 valence electrons. The highest BCUT2D eigenvalue weighted by molar-refractivity contribution is 7.92. The van der Waals surface area contributed by atoms with Crippen molar-refractivity contribution in [3.8, 4) is 0 Å². The number of sulfone groups is 1. The molecule has 1 aliphatic rings. The van der Waals surface area contributed by atoms with Crippen molar-refractivity contribution in [3.63, 3.8) is 0 Å². The van der Waals surface area contributed by atoms with Crippen molar-refractivity contribution in [1.82, 2.24) is 0 Å². The van der Waals surface area contributed by atoms with Gasteiger partial charge in [-0.05, 0) is 30.9 Å². The molecule has 0 radical (unpaired) electrons. The van der Waals surface area contributed by atoms with Crippen LogP contribution in [0, 0.1) is 5.92 Å². The van der Waals surface area contributed by atoms with Crippen molar-refractivity contribution in [1.29, 1.82) is 0 Å². The molecular weight excluding hydrogens is 252 g/mol. The van der Waals surface area contributed by atoms with Crippen molar-refractivity contribution < 1.29 is 18.3 Å². The smallest absolute Gasteiger partial charge is 0.306 e. The summed E-state index contributed by atoms with van der Waals surface area (Å²) < 4.78 is 24.4. The molecule has 1 N–H and O–H groups in total. The maximum atomic E-state index is 12.2. The number of hydrogen-bond acceptors (Lipinski definition) is 3. The molecule has 0 bridgehead atoms. The summed E-state index contributed by atoms with van der Waals surface area (Å²) in [5.41, 5.74) is 0.610. The molecule has 0 spiro atoms. The summed E-state index contributed by atoms with van der Waals surface area (Å²) in [4.78, 5) is 11.2. The molecule has 0 amide bonds. The van der Waals surface area contributed by atoms with Gasteiger partial charge >= 0.3 is 5.97 Å². The topological polar surface area (TPSA) is 71.4 Å². The van der Waals surface area contributed by atoms with E-state index in [1.54, 1.807) is 31.2 Å². The van der Waals surface area contributed by atoms with Crippen LogP contribution < -0.4 is 0 Å². The van der Waals surface area contributed by atoms with E-state index in [-0.39, 0.29) is 11.7 Å². The number of carboxylic acid groups (broad SMARTS) is 1. The Morgan fingerprint density at radius 1 is 1.39 bits per heavy atom. The summed E-state index contributed by atoms with van der Waals surface area (Å²) in [7, 11) is -3.26. The van der Waals surface area contributed by atoms with Gasteiger partial charge in [0.25, 0.3) is 0 Å². The highest BCUT2D eigenvalue weighted by Gasteiger charge is 2.38. The minimum absolute atomic E-state index is 0.247. The van der Waals surface area contributed by atoms with Gasteiger partial charge in [0.1, 0.15) is 0 Å². The molecule has 4 nitrogen and oxygen atoms in total. The van der Waals surface area contributed by atoms with Crippen molar-refractivity contribution in [2.45, 2.75) is 36.3 Å². The Kier molecular flexibility index (Phi) is 3.43. The fourth-order valence-electron chi connectivity index (χ4n) is 1.93. The van der Waals surface area contributed by atoms with E-state index in [4.69, 9.17) is 5.11 Å². The maximum Gasteiger partial charge on any atom is 0.306 e. The lowest BCUT2D eigenvalue weighted by molar-refractivity contribution is -0.141. The molecule has 1 saturated carbocycles. The van der Waals surface area contributed by atoms with Crippen LogP contribution in [0.15, 0.2) is 29.2 Å². The normalized spacial score (nSPS) is 17.4. The average molecular weight is 268 g/mol. The van der Waals surface area contributed by atoms with E-state index in [9.17, 15) is 13.2 Å². The van der Waals surface area contributed by atoms with E-state index < -0.39 is 21.7 Å². The number of aliphatic carboxylic acids is 1. The van der Waals surface area contributed by atoms with Crippen molar-refractivity contribution in [3.05, 3.63) is 29.8 Å². The maximum absolute atomic E-state index is 12.2. The van der Waals surface area contributed by atoms with Gasteiger partial charge in [0.2, 0.25) is 0 Å². The molecule has 0 saturated heterocycles. The first-order valence-corrected chi connectivity index (χ1v) is 7.52. The molecule has 0 aliphatic heterocycles. The zero-order valence-electron chi connectivity index (χ0n) is 10.2. The second-order valence-corrected chi connectivity index (χ2v) is 6.99. The van der Waals surface area contributed by atoms with E-state index >= 15 is 0 Å². The molecule has 1 unspecified atom stereocenters. The molecule has 18 heavy (non-hydrogen) atoms. The van der Waals surface area contributed by atoms with E-state index in [0.29, 0.717) is 23.3 Å². The molecule has 0 aromatic heterocycles. The van der Waals surface area contributed by atoms with Gasteiger partial charge < -0.3 is 5.11 Å². The monoisotopic (exact) mass is 268 g/mol. The third-order valence-corrected chi connectivity index (χ3v) is 5.55. The van der Waals surface area contributed by atoms with Crippen LogP contribution >= 0.6 is 0 Å². The number of hydrogen-bond donors (Lipinski definition) is 1. The number of rotatable bonds is 5. The summed E-state index contributed by atoms with van der Waals surface area (Å²) in [5, 5.41) is 8.64. The van der Waals surface area contributed by atoms with Crippen molar-refractivity contribution in [2.75, 3.05) is 0 Å². The third-order valence-electron chi connectivity index (χ3n) is 3.19. The molecule has 5 heteroatoms. The zero-order valence-corrected chi connectivity index (χ0v) is 11.0. The first-order valence-electron chi connectivity index (χ1n) is 5.97. The van der Waals surface area contributed by atoms with Gasteiger partial charge in [0.15, 0.2) is 9.84 Å². The SMILES string of the molecule is CC(Cc1ccccc1S(=O)(=O)C1CC1)C(=O)O. The van der Waals surface area contributed by atoms with Crippen LogP contribution in [0.25, 0.3) is 0 Å². The quantitative estimate of drug-likeness (QED) is 0.885. The minimum atomic E-state index is -3.26. The summed E-state index contributed by atoms with van der Waals surface area (Å²) >= 11 is 0. The van der Waals surface area contributed by atoms with Crippen LogP contribution in [-0.4, -0.2) is 24.7 Å². The molecule has 1 atom stereocenters. The average Bonchev–Trinajstić information content (AvgIpc) is 3.13. The lowest BCUT2D eigenvalue weighted by Crippen LogP contribution is -2.16. The Hall–Kier alpha value is -1.36. The predicted molar refractivity (Wildman–Crippen MR) is 67.2 cm³/mol. The number of benzene rings is 1. The fraction of sp³-hybridized carbons (Fsp3) is 0.462. The van der Waals surface area contributed by atoms with Gasteiger partial charge in [-0.1, -0.05) is 25.1 Å². The van der Waals surface area contributed by atoms with Gasteiger partial charge in [-0.15, -0.1) is 0 Å². The highest BCUT2D eigenvalue weighted by Crippen LogP contribution is 2.35. The fourth-order valence-corrected chi connectivity index (χ4v) is 3.83. The van der Waals surface area contributed by atoms with Crippen LogP contribution in [0.1, 0.15) is 25.3 Å². The lowest BCUT2D eigenvalue weighted by Gasteiger charge is -2.12. The van der Waals surface area contributed by atoms with Gasteiger partial charge in [-0.25, -0.2) is 8.42 Å². The van der Waals surface area contributed by atoms with Gasteiger partial charge in [-0.2, -0.15) is 0 Å². The first-order chi connectivity index (χ1) is 8.43. The van der Waals surface area contributed by atoms with Crippen molar-refractivity contribution in [2.24, 2.45) is 5.92 Å². The summed E-state index contributed by atoms with van der Waals surface area (Å²) in [5.74, 6) is -1.49. The largest absolute Gasteiger partial charge is 0.481 e. The molecule has 0 heterocycles. The van der Waals surface area contributed by atoms with Crippen molar-refractivity contribution >= 4 is 15.8 Å². The minimum Gasteiger partial charge on any atom is -0.481 e. The van der Waals surface area contributed by atoms with Crippen LogP contribution in [-0.2, 0) is 21.1 Å². The van der Waals surface area contributed by atoms with Gasteiger partial charge in [0.05, 0.1) is 16.1 Å². The van der Waals surface area contributed by atoms with Gasteiger partial charge in [0, 0.05) is 0 Å². The standard InChI is InChI=1S/C13H16O4S/c1-9(13(14)15)8-10-4-2-3-5-12(10)18(16,17)11-6-7-11/h2-5,9,11H,6-8H2,1H3,(H,14,15). The highest BCUT2D eigenvalue weighted by atomic mass is 32.2. The summed E-state index contributed by atoms with van der Waals surface area (Å²) in [6.45, 7) is 1.59. The van der Waals surface area contributed by atoms with Crippen LogP contribution in [0.3, 0.4) is 0 Å². The second kappa shape index (κ2) is 4.72. The van der Waals surface area contributed by atoms with Crippen LogP contribution in [0.5, 0.6) is 0 Å². The van der Waals surface area contributed by atoms with Gasteiger partial charge in [-0.3, -0.25) is 4.79 Å². The number of carboxylic acids is 1. The molecule has 1 aliphatic carbocycles. The third kappa shape index (κ3) is 2.56. The Balaban J connectivity index is 2.34. The van der Waals surface area contributed by atoms with E-state index in [1.165, 1.54) is 0 Å². The predicted octanol–water partition coefficient (Wildman–Crippen LogP) is 1.89. The second-order valence-electron chi connectivity index (χ2n) is 4.80. The molecule has 2 rings (SSSR count). The Bertz CT molecular complexity index is 558. The molecule has 1 fully saturated rings. The zero-order chi connectivity index (χ0) is 13.3. The van der Waals surface area contributed by atoms with E-state index in [2.05, 4.69) is 0 Å². The number of carbonyl (C=O) groups is 1. The lowest BCUT2D eigenvalue weighted by atomic mass is 10.0. The Morgan fingerprint density at radius 2 is 2.00 bits per heavy atom. The Morgan fingerprint density at radius 3 is 2.56 bits per heavy atom.